The Morgan fingerprint density at radius 1 is 1.05 bits per heavy atom. The highest BCUT2D eigenvalue weighted by molar-refractivity contribution is 5.83. The van der Waals surface area contributed by atoms with Gasteiger partial charge in [-0.15, -0.1) is 0 Å². The van der Waals surface area contributed by atoms with Crippen molar-refractivity contribution in [2.24, 2.45) is 0 Å². The van der Waals surface area contributed by atoms with Crippen molar-refractivity contribution in [3.8, 4) is 5.75 Å². The third-order valence-corrected chi connectivity index (χ3v) is 5.56. The minimum absolute atomic E-state index is 0.664. The standard InChI is InChI=1S/C19H26O3/c1-22-16-11-10-14-8-4-2-5-9-15(14)17(16)19(18(20)21)12-6-3-7-13-19/h10-11H,2-9,12-13H2,1H3,(H,20,21). The van der Waals surface area contributed by atoms with Gasteiger partial charge in [0.15, 0.2) is 0 Å². The van der Waals surface area contributed by atoms with E-state index in [2.05, 4.69) is 6.07 Å². The molecule has 0 amide bonds. The maximum Gasteiger partial charge on any atom is 0.314 e. The Morgan fingerprint density at radius 3 is 2.41 bits per heavy atom. The molecule has 0 aliphatic heterocycles. The van der Waals surface area contributed by atoms with Crippen LogP contribution in [0.1, 0.15) is 68.1 Å². The minimum Gasteiger partial charge on any atom is -0.496 e. The van der Waals surface area contributed by atoms with Crippen LogP contribution >= 0.6 is 0 Å². The van der Waals surface area contributed by atoms with E-state index in [0.717, 1.165) is 62.7 Å². The van der Waals surface area contributed by atoms with Gasteiger partial charge < -0.3 is 9.84 Å². The van der Waals surface area contributed by atoms with Crippen molar-refractivity contribution >= 4 is 5.97 Å². The van der Waals surface area contributed by atoms with E-state index in [1.54, 1.807) is 7.11 Å². The molecule has 0 aromatic heterocycles. The van der Waals surface area contributed by atoms with Crippen LogP contribution in [0.3, 0.4) is 0 Å². The van der Waals surface area contributed by atoms with Crippen molar-refractivity contribution in [2.75, 3.05) is 7.11 Å². The van der Waals surface area contributed by atoms with Gasteiger partial charge in [-0.25, -0.2) is 0 Å². The Balaban J connectivity index is 2.20. The molecule has 1 aromatic rings. The van der Waals surface area contributed by atoms with Gasteiger partial charge in [-0.2, -0.15) is 0 Å². The summed E-state index contributed by atoms with van der Waals surface area (Å²) < 4.78 is 5.62. The summed E-state index contributed by atoms with van der Waals surface area (Å²) >= 11 is 0. The summed E-state index contributed by atoms with van der Waals surface area (Å²) in [4.78, 5) is 12.3. The number of methoxy groups -OCH3 is 1. The number of carbonyl (C=O) groups is 1. The maximum atomic E-state index is 12.3. The average molecular weight is 302 g/mol. The van der Waals surface area contributed by atoms with E-state index in [4.69, 9.17) is 4.74 Å². The summed E-state index contributed by atoms with van der Waals surface area (Å²) in [5.41, 5.74) is 2.89. The third kappa shape index (κ3) is 2.51. The normalized spacial score (nSPS) is 20.8. The van der Waals surface area contributed by atoms with Crippen LogP contribution in [0.2, 0.25) is 0 Å². The van der Waals surface area contributed by atoms with E-state index in [-0.39, 0.29) is 0 Å². The first-order valence-electron chi connectivity index (χ1n) is 8.62. The molecule has 0 unspecified atom stereocenters. The number of aliphatic carboxylic acids is 1. The van der Waals surface area contributed by atoms with Crippen LogP contribution < -0.4 is 4.74 Å². The Bertz CT molecular complexity index is 556. The third-order valence-electron chi connectivity index (χ3n) is 5.56. The summed E-state index contributed by atoms with van der Waals surface area (Å²) in [7, 11) is 1.67. The molecule has 2 aliphatic carbocycles. The summed E-state index contributed by atoms with van der Waals surface area (Å²) in [5, 5.41) is 10.1. The number of carboxylic acids is 1. The summed E-state index contributed by atoms with van der Waals surface area (Å²) in [6, 6.07) is 4.15. The molecule has 120 valence electrons. The number of hydrogen-bond acceptors (Lipinski definition) is 2. The largest absolute Gasteiger partial charge is 0.496 e. The second kappa shape index (κ2) is 6.31. The predicted molar refractivity (Wildman–Crippen MR) is 86.7 cm³/mol. The maximum absolute atomic E-state index is 12.3. The lowest BCUT2D eigenvalue weighted by Crippen LogP contribution is -2.39. The van der Waals surface area contributed by atoms with E-state index in [9.17, 15) is 9.90 Å². The highest BCUT2D eigenvalue weighted by atomic mass is 16.5. The lowest BCUT2D eigenvalue weighted by Gasteiger charge is -2.36. The highest BCUT2D eigenvalue weighted by Crippen LogP contribution is 2.47. The van der Waals surface area contributed by atoms with Crippen LogP contribution in [0.25, 0.3) is 0 Å². The van der Waals surface area contributed by atoms with Crippen LogP contribution in [0.5, 0.6) is 5.75 Å². The van der Waals surface area contributed by atoms with Gasteiger partial charge in [-0.05, 0) is 55.7 Å². The molecule has 1 saturated carbocycles. The second-order valence-corrected chi connectivity index (χ2v) is 6.79. The molecule has 0 bridgehead atoms. The number of ether oxygens (including phenoxy) is 1. The van der Waals surface area contributed by atoms with Crippen molar-refractivity contribution in [2.45, 2.75) is 69.6 Å². The van der Waals surface area contributed by atoms with Crippen LogP contribution in [0.4, 0.5) is 0 Å². The van der Waals surface area contributed by atoms with E-state index < -0.39 is 11.4 Å². The fraction of sp³-hybridized carbons (Fsp3) is 0.632. The van der Waals surface area contributed by atoms with Crippen LogP contribution in [-0.4, -0.2) is 18.2 Å². The number of aryl methyl sites for hydroxylation is 1. The van der Waals surface area contributed by atoms with E-state index in [1.807, 2.05) is 6.07 Å². The molecule has 0 saturated heterocycles. The van der Waals surface area contributed by atoms with Crippen molar-refractivity contribution in [1.82, 2.24) is 0 Å². The van der Waals surface area contributed by atoms with Gasteiger partial charge >= 0.3 is 5.97 Å². The molecule has 2 aliphatic rings. The second-order valence-electron chi connectivity index (χ2n) is 6.79. The average Bonchev–Trinajstić information content (AvgIpc) is 2.79. The zero-order valence-electron chi connectivity index (χ0n) is 13.5. The minimum atomic E-state index is -0.737. The zero-order chi connectivity index (χ0) is 15.6. The summed E-state index contributed by atoms with van der Waals surface area (Å²) in [5.74, 6) is 0.119. The van der Waals surface area contributed by atoms with E-state index in [0.29, 0.717) is 0 Å². The molecule has 0 radical (unpaired) electrons. The summed E-state index contributed by atoms with van der Waals surface area (Å²) in [6.07, 6.45) is 10.3. The molecule has 3 rings (SSSR count). The topological polar surface area (TPSA) is 46.5 Å². The number of carboxylic acid groups (broad SMARTS) is 1. The Labute approximate surface area is 132 Å². The van der Waals surface area contributed by atoms with Crippen molar-refractivity contribution in [3.05, 3.63) is 28.8 Å². The van der Waals surface area contributed by atoms with Gasteiger partial charge in [0.05, 0.1) is 12.5 Å². The number of hydrogen-bond donors (Lipinski definition) is 1. The predicted octanol–water partition coefficient (Wildman–Crippen LogP) is 4.25. The van der Waals surface area contributed by atoms with E-state index >= 15 is 0 Å². The lowest BCUT2D eigenvalue weighted by molar-refractivity contribution is -0.145. The van der Waals surface area contributed by atoms with Crippen molar-refractivity contribution in [1.29, 1.82) is 0 Å². The molecule has 1 N–H and O–H groups in total. The molecule has 0 spiro atoms. The lowest BCUT2D eigenvalue weighted by atomic mass is 9.67. The van der Waals surface area contributed by atoms with Crippen molar-refractivity contribution < 1.29 is 14.6 Å². The van der Waals surface area contributed by atoms with Gasteiger partial charge in [0.1, 0.15) is 5.75 Å². The number of benzene rings is 1. The molecule has 22 heavy (non-hydrogen) atoms. The molecule has 3 nitrogen and oxygen atoms in total. The summed E-state index contributed by atoms with van der Waals surface area (Å²) in [6.45, 7) is 0. The zero-order valence-corrected chi connectivity index (χ0v) is 13.5. The Morgan fingerprint density at radius 2 is 1.73 bits per heavy atom. The van der Waals surface area contributed by atoms with Crippen LogP contribution in [0.15, 0.2) is 12.1 Å². The molecular weight excluding hydrogens is 276 g/mol. The monoisotopic (exact) mass is 302 g/mol. The van der Waals surface area contributed by atoms with Gasteiger partial charge in [0.25, 0.3) is 0 Å². The first-order valence-corrected chi connectivity index (χ1v) is 8.62. The molecule has 1 aromatic carbocycles. The Kier molecular flexibility index (Phi) is 4.42. The first-order chi connectivity index (χ1) is 10.7. The smallest absolute Gasteiger partial charge is 0.314 e. The first kappa shape index (κ1) is 15.4. The van der Waals surface area contributed by atoms with Crippen molar-refractivity contribution in [3.63, 3.8) is 0 Å². The quantitative estimate of drug-likeness (QED) is 0.849. The molecular formula is C19H26O3. The SMILES string of the molecule is COc1ccc2c(c1C1(C(=O)O)CCCCC1)CCCCC2. The van der Waals surface area contributed by atoms with Gasteiger partial charge in [0, 0.05) is 5.56 Å². The highest BCUT2D eigenvalue weighted by Gasteiger charge is 2.45. The van der Waals surface area contributed by atoms with Gasteiger partial charge in [-0.1, -0.05) is 31.7 Å². The molecule has 1 fully saturated rings. The fourth-order valence-electron chi connectivity index (χ4n) is 4.40. The van der Waals surface area contributed by atoms with Gasteiger partial charge in [0.2, 0.25) is 0 Å². The molecule has 0 heterocycles. The number of fused-ring (bicyclic) bond motifs is 1. The van der Waals surface area contributed by atoms with Crippen LogP contribution in [-0.2, 0) is 23.1 Å². The van der Waals surface area contributed by atoms with Crippen LogP contribution in [0, 0.1) is 0 Å². The number of rotatable bonds is 3. The molecule has 3 heteroatoms. The van der Waals surface area contributed by atoms with E-state index in [1.165, 1.54) is 24.0 Å². The van der Waals surface area contributed by atoms with Gasteiger partial charge in [-0.3, -0.25) is 4.79 Å². The Hall–Kier alpha value is -1.51. The fourth-order valence-corrected chi connectivity index (χ4v) is 4.40. The molecule has 0 atom stereocenters.